The normalized spacial score (nSPS) is 10.6. The number of nitrogens with zero attached hydrogens (tertiary/aromatic N) is 2. The molecule has 21 heavy (non-hydrogen) atoms. The Balaban J connectivity index is 0.000000636. The third-order valence-electron chi connectivity index (χ3n) is 3.40. The predicted molar refractivity (Wildman–Crippen MR) is 91.3 cm³/mol. The van der Waals surface area contributed by atoms with Gasteiger partial charge in [0.1, 0.15) is 5.15 Å². The van der Waals surface area contributed by atoms with E-state index in [0.717, 1.165) is 21.8 Å². The molecule has 1 aromatic heterocycles. The second-order valence-electron chi connectivity index (χ2n) is 4.48. The number of alkyl halides is 1. The number of hydrogen-bond donors (Lipinski definition) is 0. The Kier molecular flexibility index (Phi) is 3.91. The maximum Gasteiger partial charge on any atom is 0.148 e. The van der Waals surface area contributed by atoms with Gasteiger partial charge < -0.3 is 0 Å². The molecule has 0 bridgehead atoms. The average Bonchev–Trinajstić information content (AvgIpc) is 2.57. The fourth-order valence-corrected chi connectivity index (χ4v) is 2.73. The molecule has 0 aliphatic rings. The van der Waals surface area contributed by atoms with Gasteiger partial charge in [0, 0.05) is 17.2 Å². The van der Waals surface area contributed by atoms with Gasteiger partial charge in [0.15, 0.2) is 0 Å². The summed E-state index contributed by atoms with van der Waals surface area (Å²) >= 11 is 10.6. The largest absolute Gasteiger partial charge is 0.251 e. The summed E-state index contributed by atoms with van der Waals surface area (Å²) in [6, 6.07) is 16.5. The standard InChI is InChI=1S/C16H9ClN2.CH3Cl/c17-14-9-18-15-12-7-3-1-5-10(12)11-6-2-4-8-13(11)16(15)19-14;1-2/h1-9H;1H3. The molecule has 2 nitrogen and oxygen atoms in total. The van der Waals surface area contributed by atoms with E-state index in [9.17, 15) is 0 Å². The molecule has 0 aliphatic carbocycles. The molecule has 0 spiro atoms. The van der Waals surface area contributed by atoms with Crippen molar-refractivity contribution >= 4 is 55.8 Å². The lowest BCUT2D eigenvalue weighted by Crippen LogP contribution is -1.89. The van der Waals surface area contributed by atoms with Crippen LogP contribution in [0.3, 0.4) is 0 Å². The Morgan fingerprint density at radius 1 is 0.714 bits per heavy atom. The molecule has 0 fully saturated rings. The first-order chi connectivity index (χ1) is 10.3. The van der Waals surface area contributed by atoms with Crippen molar-refractivity contribution in [2.45, 2.75) is 0 Å². The molecule has 0 unspecified atom stereocenters. The topological polar surface area (TPSA) is 25.8 Å². The van der Waals surface area contributed by atoms with Gasteiger partial charge in [-0.15, -0.1) is 11.6 Å². The molecule has 0 saturated carbocycles. The summed E-state index contributed by atoms with van der Waals surface area (Å²) in [4.78, 5) is 8.92. The number of aromatic nitrogens is 2. The molecule has 4 heteroatoms. The molecule has 3 aromatic carbocycles. The van der Waals surface area contributed by atoms with Gasteiger partial charge in [-0.05, 0) is 10.8 Å². The van der Waals surface area contributed by atoms with E-state index in [2.05, 4.69) is 45.8 Å². The number of hydrogen-bond acceptors (Lipinski definition) is 2. The van der Waals surface area contributed by atoms with Gasteiger partial charge in [0.2, 0.25) is 0 Å². The lowest BCUT2D eigenvalue weighted by molar-refractivity contribution is 1.31. The van der Waals surface area contributed by atoms with E-state index >= 15 is 0 Å². The Morgan fingerprint density at radius 3 is 1.76 bits per heavy atom. The Bertz CT molecular complexity index is 900. The van der Waals surface area contributed by atoms with Crippen molar-refractivity contribution in [1.29, 1.82) is 0 Å². The smallest absolute Gasteiger partial charge is 0.148 e. The van der Waals surface area contributed by atoms with E-state index in [1.165, 1.54) is 17.2 Å². The molecule has 0 N–H and O–H groups in total. The van der Waals surface area contributed by atoms with Gasteiger partial charge >= 0.3 is 0 Å². The third-order valence-corrected chi connectivity index (χ3v) is 3.58. The first-order valence-electron chi connectivity index (χ1n) is 6.44. The van der Waals surface area contributed by atoms with Gasteiger partial charge in [-0.2, -0.15) is 0 Å². The van der Waals surface area contributed by atoms with Crippen LogP contribution in [0.1, 0.15) is 0 Å². The summed E-state index contributed by atoms with van der Waals surface area (Å²) in [6.07, 6.45) is 3.07. The summed E-state index contributed by atoms with van der Waals surface area (Å²) < 4.78 is 0. The number of benzene rings is 3. The summed E-state index contributed by atoms with van der Waals surface area (Å²) in [5, 5.41) is 5.00. The lowest BCUT2D eigenvalue weighted by atomic mass is 10.00. The fourth-order valence-electron chi connectivity index (χ4n) is 2.60. The zero-order valence-electron chi connectivity index (χ0n) is 11.3. The highest BCUT2D eigenvalue weighted by Crippen LogP contribution is 2.32. The number of rotatable bonds is 0. The molecule has 0 atom stereocenters. The molecule has 0 saturated heterocycles. The maximum absolute atomic E-state index is 6.00. The van der Waals surface area contributed by atoms with Crippen LogP contribution in [-0.4, -0.2) is 16.4 Å². The number of halogens is 2. The molecule has 0 amide bonds. The first-order valence-corrected chi connectivity index (χ1v) is 7.57. The second-order valence-corrected chi connectivity index (χ2v) is 4.87. The van der Waals surface area contributed by atoms with E-state index in [-0.39, 0.29) is 0 Å². The highest BCUT2D eigenvalue weighted by atomic mass is 35.5. The third kappa shape index (κ3) is 2.31. The van der Waals surface area contributed by atoms with E-state index in [0.29, 0.717) is 5.15 Å². The van der Waals surface area contributed by atoms with Crippen LogP contribution in [0, 0.1) is 0 Å². The molecular formula is C17H12Cl2N2. The van der Waals surface area contributed by atoms with E-state index in [1.807, 2.05) is 24.3 Å². The van der Waals surface area contributed by atoms with Crippen LogP contribution in [0.5, 0.6) is 0 Å². The van der Waals surface area contributed by atoms with Crippen molar-refractivity contribution in [2.75, 3.05) is 6.38 Å². The Labute approximate surface area is 132 Å². The summed E-state index contributed by atoms with van der Waals surface area (Å²) in [5.41, 5.74) is 1.76. The molecule has 4 rings (SSSR count). The van der Waals surface area contributed by atoms with Crippen LogP contribution >= 0.6 is 23.2 Å². The van der Waals surface area contributed by atoms with E-state index in [4.69, 9.17) is 11.6 Å². The molecule has 1 heterocycles. The van der Waals surface area contributed by atoms with Crippen molar-refractivity contribution in [1.82, 2.24) is 9.97 Å². The number of fused-ring (bicyclic) bond motifs is 6. The van der Waals surface area contributed by atoms with E-state index in [1.54, 1.807) is 6.20 Å². The summed E-state index contributed by atoms with van der Waals surface area (Å²) in [6.45, 7) is 0. The minimum absolute atomic E-state index is 0.424. The van der Waals surface area contributed by atoms with Crippen LogP contribution < -0.4 is 0 Å². The van der Waals surface area contributed by atoms with Crippen LogP contribution in [0.25, 0.3) is 32.6 Å². The quantitative estimate of drug-likeness (QED) is 0.319. The molecule has 0 radical (unpaired) electrons. The molecular weight excluding hydrogens is 303 g/mol. The van der Waals surface area contributed by atoms with Crippen LogP contribution in [0.4, 0.5) is 0 Å². The summed E-state index contributed by atoms with van der Waals surface area (Å²) in [7, 11) is 0. The van der Waals surface area contributed by atoms with Crippen molar-refractivity contribution in [2.24, 2.45) is 0 Å². The minimum Gasteiger partial charge on any atom is -0.251 e. The van der Waals surface area contributed by atoms with Gasteiger partial charge in [0.25, 0.3) is 0 Å². The van der Waals surface area contributed by atoms with Gasteiger partial charge in [0.05, 0.1) is 17.2 Å². The van der Waals surface area contributed by atoms with Crippen molar-refractivity contribution in [3.63, 3.8) is 0 Å². The maximum atomic E-state index is 6.00. The molecule has 0 aliphatic heterocycles. The van der Waals surface area contributed by atoms with Crippen molar-refractivity contribution in [3.05, 3.63) is 59.9 Å². The van der Waals surface area contributed by atoms with E-state index < -0.39 is 0 Å². The first kappa shape index (κ1) is 14.1. The van der Waals surface area contributed by atoms with Crippen LogP contribution in [-0.2, 0) is 0 Å². The van der Waals surface area contributed by atoms with Crippen molar-refractivity contribution in [3.8, 4) is 0 Å². The zero-order valence-corrected chi connectivity index (χ0v) is 12.9. The monoisotopic (exact) mass is 314 g/mol. The predicted octanol–water partition coefficient (Wildman–Crippen LogP) is 5.44. The molecule has 104 valence electrons. The SMILES string of the molecule is CCl.Clc1cnc2c3ccccc3c3ccccc3c2n1. The second kappa shape index (κ2) is 5.84. The van der Waals surface area contributed by atoms with Crippen LogP contribution in [0.15, 0.2) is 54.7 Å². The van der Waals surface area contributed by atoms with Gasteiger partial charge in [-0.25, -0.2) is 4.98 Å². The van der Waals surface area contributed by atoms with Gasteiger partial charge in [-0.3, -0.25) is 4.98 Å². The zero-order chi connectivity index (χ0) is 14.8. The fraction of sp³-hybridized carbons (Fsp3) is 0.0588. The Morgan fingerprint density at radius 2 is 1.19 bits per heavy atom. The van der Waals surface area contributed by atoms with Crippen LogP contribution in [0.2, 0.25) is 5.15 Å². The highest BCUT2D eigenvalue weighted by molar-refractivity contribution is 6.30. The van der Waals surface area contributed by atoms with Crippen molar-refractivity contribution < 1.29 is 0 Å². The van der Waals surface area contributed by atoms with Gasteiger partial charge in [-0.1, -0.05) is 60.1 Å². The summed E-state index contributed by atoms with van der Waals surface area (Å²) in [5.74, 6) is 0. The highest BCUT2D eigenvalue weighted by Gasteiger charge is 2.09. The average molecular weight is 315 g/mol. The molecule has 4 aromatic rings. The Hall–Kier alpha value is -1.90. The minimum atomic E-state index is 0.424. The lowest BCUT2D eigenvalue weighted by Gasteiger charge is -2.08.